The average molecular weight is 629 g/mol. The first-order valence-corrected chi connectivity index (χ1v) is 15.1. The third kappa shape index (κ3) is 5.25. The summed E-state index contributed by atoms with van der Waals surface area (Å²) in [5.41, 5.74) is 2.42. The molecule has 3 aromatic carbocycles. The van der Waals surface area contributed by atoms with Gasteiger partial charge >= 0.3 is 0 Å². The smallest absolute Gasteiger partial charge is 0.255 e. The van der Waals surface area contributed by atoms with E-state index < -0.39 is 30.0 Å². The minimum absolute atomic E-state index is 0.0672. The predicted octanol–water partition coefficient (Wildman–Crippen LogP) is 4.04. The molecule has 4 aliphatic rings. The monoisotopic (exact) mass is 628 g/mol. The number of carbonyl (C=O) groups excluding carboxylic acids is 3. The Morgan fingerprint density at radius 3 is 2.67 bits per heavy atom. The fourth-order valence-corrected chi connectivity index (χ4v) is 6.74. The molecule has 3 aliphatic heterocycles. The molecule has 12 heteroatoms. The molecule has 1 saturated carbocycles. The number of imide groups is 1. The van der Waals surface area contributed by atoms with Gasteiger partial charge in [0, 0.05) is 52.9 Å². The Bertz CT molecular complexity index is 1790. The number of nitrogens with one attached hydrogen (secondary N) is 1. The standard InChI is InChI=1S/C34H30F2N4O6/c1-44-30-11-20(7-5-18(30)14-37)39-16-26(36)32(23-13-28(23)39)46-21-8-6-19(25(35)12-21)17-45-29-4-2-3-22-24(29)15-40(34(22)43)27-9-10-31(41)38-33(27)42/h2-8,11-12,23,26-28,32H,9-10,13,15-17H2,1H3,(H,38,41,42)/t23?,26?,27-,28?,32?/m0/s1. The summed E-state index contributed by atoms with van der Waals surface area (Å²) in [6, 6.07) is 15.9. The minimum atomic E-state index is -1.32. The van der Waals surface area contributed by atoms with E-state index in [1.807, 2.05) is 4.90 Å². The van der Waals surface area contributed by atoms with Crippen LogP contribution in [0.5, 0.6) is 17.2 Å². The van der Waals surface area contributed by atoms with Crippen LogP contribution < -0.4 is 24.4 Å². The van der Waals surface area contributed by atoms with Crippen molar-refractivity contribution in [3.63, 3.8) is 0 Å². The lowest BCUT2D eigenvalue weighted by Crippen LogP contribution is -2.52. The molecule has 1 N–H and O–H groups in total. The number of benzene rings is 3. The number of nitrogens with zero attached hydrogens (tertiary/aromatic N) is 3. The molecule has 0 bridgehead atoms. The van der Waals surface area contributed by atoms with Crippen LogP contribution >= 0.6 is 0 Å². The van der Waals surface area contributed by atoms with Crippen molar-refractivity contribution in [3.8, 4) is 23.3 Å². The van der Waals surface area contributed by atoms with Crippen LogP contribution in [0.25, 0.3) is 0 Å². The number of nitriles is 1. The summed E-state index contributed by atoms with van der Waals surface area (Å²) in [4.78, 5) is 40.4. The van der Waals surface area contributed by atoms with Crippen molar-refractivity contribution in [1.29, 1.82) is 5.26 Å². The first kappa shape index (κ1) is 29.5. The Morgan fingerprint density at radius 2 is 1.91 bits per heavy atom. The van der Waals surface area contributed by atoms with Gasteiger partial charge in [-0.05, 0) is 49.2 Å². The van der Waals surface area contributed by atoms with Gasteiger partial charge in [-0.25, -0.2) is 8.78 Å². The molecule has 0 aromatic heterocycles. The molecule has 236 valence electrons. The van der Waals surface area contributed by atoms with Crippen molar-refractivity contribution in [2.24, 2.45) is 5.92 Å². The van der Waals surface area contributed by atoms with Crippen LogP contribution in [0.2, 0.25) is 0 Å². The molecular formula is C34H30F2N4O6. The first-order chi connectivity index (χ1) is 22.2. The van der Waals surface area contributed by atoms with Crippen molar-refractivity contribution < 1.29 is 37.4 Å². The molecule has 3 amide bonds. The number of ether oxygens (including phenoxy) is 3. The van der Waals surface area contributed by atoms with Crippen molar-refractivity contribution in [3.05, 3.63) is 82.7 Å². The second kappa shape index (κ2) is 11.6. The summed E-state index contributed by atoms with van der Waals surface area (Å²) >= 11 is 0. The van der Waals surface area contributed by atoms with Gasteiger partial charge in [-0.15, -0.1) is 0 Å². The van der Waals surface area contributed by atoms with Crippen LogP contribution in [0.1, 0.15) is 46.3 Å². The van der Waals surface area contributed by atoms with E-state index in [9.17, 15) is 19.6 Å². The number of piperidine rings is 2. The summed E-state index contributed by atoms with van der Waals surface area (Å²) in [5, 5.41) is 11.6. The molecule has 5 atom stereocenters. The zero-order valence-corrected chi connectivity index (χ0v) is 24.9. The molecule has 3 heterocycles. The Balaban J connectivity index is 0.989. The summed E-state index contributed by atoms with van der Waals surface area (Å²) < 4.78 is 47.9. The lowest BCUT2D eigenvalue weighted by atomic mass is 10.0. The Kier molecular flexibility index (Phi) is 7.47. The van der Waals surface area contributed by atoms with Crippen molar-refractivity contribution in [1.82, 2.24) is 10.2 Å². The summed E-state index contributed by atoms with van der Waals surface area (Å²) in [6.07, 6.45) is -0.915. The largest absolute Gasteiger partial charge is 0.495 e. The van der Waals surface area contributed by atoms with E-state index in [2.05, 4.69) is 11.4 Å². The van der Waals surface area contributed by atoms with Gasteiger partial charge in [-0.1, -0.05) is 6.07 Å². The lowest BCUT2D eigenvalue weighted by molar-refractivity contribution is -0.136. The summed E-state index contributed by atoms with van der Waals surface area (Å²) in [6.45, 7) is 0.105. The second-order valence-electron chi connectivity index (χ2n) is 11.9. The maximum absolute atomic E-state index is 15.5. The number of methoxy groups -OCH3 is 1. The molecular weight excluding hydrogens is 598 g/mol. The fourth-order valence-electron chi connectivity index (χ4n) is 6.74. The number of fused-ring (bicyclic) bond motifs is 2. The zero-order valence-electron chi connectivity index (χ0n) is 24.9. The quantitative estimate of drug-likeness (QED) is 0.371. The third-order valence-corrected chi connectivity index (χ3v) is 9.21. The van der Waals surface area contributed by atoms with E-state index >= 15 is 8.78 Å². The lowest BCUT2D eigenvalue weighted by Gasteiger charge is -2.36. The Hall–Kier alpha value is -5.18. The van der Waals surface area contributed by atoms with E-state index in [1.165, 1.54) is 24.1 Å². The van der Waals surface area contributed by atoms with E-state index in [4.69, 9.17) is 14.2 Å². The van der Waals surface area contributed by atoms with Crippen molar-refractivity contribution >= 4 is 23.4 Å². The highest BCUT2D eigenvalue weighted by Crippen LogP contribution is 2.48. The molecule has 3 fully saturated rings. The van der Waals surface area contributed by atoms with Gasteiger partial charge in [0.15, 0.2) is 6.17 Å². The third-order valence-electron chi connectivity index (χ3n) is 9.21. The van der Waals surface area contributed by atoms with Gasteiger partial charge in [0.05, 0.1) is 25.8 Å². The average Bonchev–Trinajstić information content (AvgIpc) is 3.78. The molecule has 7 rings (SSSR count). The van der Waals surface area contributed by atoms with Crippen molar-refractivity contribution in [2.45, 2.75) is 56.8 Å². The Morgan fingerprint density at radius 1 is 1.07 bits per heavy atom. The number of amides is 3. The van der Waals surface area contributed by atoms with Gasteiger partial charge < -0.3 is 24.0 Å². The van der Waals surface area contributed by atoms with Crippen LogP contribution in [0.15, 0.2) is 54.6 Å². The minimum Gasteiger partial charge on any atom is -0.495 e. The van der Waals surface area contributed by atoms with Gasteiger partial charge in [0.2, 0.25) is 11.8 Å². The molecule has 2 saturated heterocycles. The van der Waals surface area contributed by atoms with Gasteiger partial charge in [0.1, 0.15) is 47.9 Å². The second-order valence-corrected chi connectivity index (χ2v) is 11.9. The van der Waals surface area contributed by atoms with E-state index in [0.29, 0.717) is 28.2 Å². The first-order valence-electron chi connectivity index (χ1n) is 15.1. The molecule has 10 nitrogen and oxygen atoms in total. The van der Waals surface area contributed by atoms with Gasteiger partial charge in [0.25, 0.3) is 5.91 Å². The highest BCUT2D eigenvalue weighted by Gasteiger charge is 2.55. The van der Waals surface area contributed by atoms with E-state index in [0.717, 1.165) is 12.1 Å². The van der Waals surface area contributed by atoms with E-state index in [1.54, 1.807) is 42.5 Å². The number of hydrogen-bond acceptors (Lipinski definition) is 8. The highest BCUT2D eigenvalue weighted by molar-refractivity contribution is 6.05. The molecule has 1 aliphatic carbocycles. The number of anilines is 1. The number of carbonyl (C=O) groups is 3. The number of rotatable bonds is 8. The molecule has 4 unspecified atom stereocenters. The maximum Gasteiger partial charge on any atom is 0.255 e. The van der Waals surface area contributed by atoms with Crippen LogP contribution in [0, 0.1) is 23.1 Å². The van der Waals surface area contributed by atoms with E-state index in [-0.39, 0.29) is 67.6 Å². The number of halogens is 2. The van der Waals surface area contributed by atoms with Crippen LogP contribution in [0.3, 0.4) is 0 Å². The number of hydrogen-bond donors (Lipinski definition) is 1. The summed E-state index contributed by atoms with van der Waals surface area (Å²) in [5.74, 6) is -0.779. The molecule has 0 radical (unpaired) electrons. The highest BCUT2D eigenvalue weighted by atomic mass is 19.1. The van der Waals surface area contributed by atoms with Crippen LogP contribution in [-0.4, -0.2) is 60.6 Å². The van der Waals surface area contributed by atoms with Gasteiger partial charge in [-0.2, -0.15) is 5.26 Å². The fraction of sp³-hybridized carbons (Fsp3) is 0.353. The van der Waals surface area contributed by atoms with Crippen molar-refractivity contribution in [2.75, 3.05) is 18.6 Å². The normalized spacial score (nSPS) is 24.9. The Labute approximate surface area is 263 Å². The zero-order chi connectivity index (χ0) is 32.1. The topological polar surface area (TPSA) is 121 Å². The molecule has 3 aromatic rings. The predicted molar refractivity (Wildman–Crippen MR) is 159 cm³/mol. The van der Waals surface area contributed by atoms with Gasteiger partial charge in [-0.3, -0.25) is 19.7 Å². The molecule has 0 spiro atoms. The van der Waals surface area contributed by atoms with Crippen LogP contribution in [0.4, 0.5) is 14.5 Å². The maximum atomic E-state index is 15.5. The number of alkyl halides is 1. The SMILES string of the molecule is COc1cc(N2CC(F)C(Oc3ccc(COc4cccc5c4CN([C@H]4CCC(=O)NC4=O)C5=O)c(F)c3)C3CC32)ccc1C#N. The van der Waals surface area contributed by atoms with Crippen LogP contribution in [-0.2, 0) is 22.7 Å². The molecule has 46 heavy (non-hydrogen) atoms. The summed E-state index contributed by atoms with van der Waals surface area (Å²) in [7, 11) is 1.49.